The van der Waals surface area contributed by atoms with E-state index in [-0.39, 0.29) is 5.70 Å². The molecule has 0 spiro atoms. The van der Waals surface area contributed by atoms with Crippen molar-refractivity contribution in [3.05, 3.63) is 45.2 Å². The molecule has 0 amide bonds. The third-order valence-corrected chi connectivity index (χ3v) is 3.15. The second-order valence-electron chi connectivity index (χ2n) is 4.00. The molecule has 2 aliphatic carbocycles. The van der Waals surface area contributed by atoms with Gasteiger partial charge in [-0.25, -0.2) is 0 Å². The van der Waals surface area contributed by atoms with E-state index in [1.54, 1.807) is 0 Å². The lowest BCUT2D eigenvalue weighted by Crippen LogP contribution is -2.39. The van der Waals surface area contributed by atoms with Gasteiger partial charge in [0.15, 0.2) is 0 Å². The summed E-state index contributed by atoms with van der Waals surface area (Å²) in [4.78, 5) is 0. The average Bonchev–Trinajstić information content (AvgIpc) is 2.48. The van der Waals surface area contributed by atoms with Crippen molar-refractivity contribution in [1.82, 2.24) is 0 Å². The minimum absolute atomic E-state index is 0.289. The summed E-state index contributed by atoms with van der Waals surface area (Å²) in [6.07, 6.45) is 0. The number of rotatable bonds is 0. The van der Waals surface area contributed by atoms with Crippen molar-refractivity contribution >= 4 is 0 Å². The summed E-state index contributed by atoms with van der Waals surface area (Å²) >= 11 is 0. The Kier molecular flexibility index (Phi) is 1.93. The predicted molar refractivity (Wildman–Crippen MR) is 62.7 cm³/mol. The predicted octanol–water partition coefficient (Wildman–Crippen LogP) is -1.87. The van der Waals surface area contributed by atoms with Crippen molar-refractivity contribution in [2.45, 2.75) is 13.0 Å². The quantitative estimate of drug-likeness (QED) is 0.281. The van der Waals surface area contributed by atoms with Crippen LogP contribution < -0.4 is 34.4 Å². The number of hydrogen-bond donors (Lipinski definition) is 6. The molecule has 0 heterocycles. The smallest absolute Gasteiger partial charge is 0.0765 e. The van der Waals surface area contributed by atoms with Crippen LogP contribution in [-0.2, 0) is 0 Å². The largest absolute Gasteiger partial charge is 0.399 e. The van der Waals surface area contributed by atoms with Crippen molar-refractivity contribution in [3.63, 3.8) is 0 Å². The monoisotopic (exact) mass is 220 g/mol. The van der Waals surface area contributed by atoms with Crippen molar-refractivity contribution in [2.24, 2.45) is 34.4 Å². The van der Waals surface area contributed by atoms with Crippen molar-refractivity contribution < 1.29 is 0 Å². The molecule has 0 saturated heterocycles. The Morgan fingerprint density at radius 2 is 1.38 bits per heavy atom. The highest BCUT2D eigenvalue weighted by atomic mass is 14.9. The number of allylic oxidation sites excluding steroid dienone is 2. The summed E-state index contributed by atoms with van der Waals surface area (Å²) in [6, 6.07) is -0.498. The maximum atomic E-state index is 5.98. The van der Waals surface area contributed by atoms with Crippen molar-refractivity contribution in [3.8, 4) is 0 Å². The Hall–Kier alpha value is -2.08. The molecule has 6 heteroatoms. The second-order valence-corrected chi connectivity index (χ2v) is 4.00. The first-order valence-electron chi connectivity index (χ1n) is 4.85. The Bertz CT molecular complexity index is 503. The van der Waals surface area contributed by atoms with E-state index in [4.69, 9.17) is 34.4 Å². The topological polar surface area (TPSA) is 156 Å². The fraction of sp³-hybridized carbons (Fsp3) is 0.200. The van der Waals surface area contributed by atoms with E-state index in [1.165, 1.54) is 0 Å². The molecule has 12 N–H and O–H groups in total. The van der Waals surface area contributed by atoms with Gasteiger partial charge in [0, 0.05) is 5.57 Å². The standard InChI is InChI=1S/C10H16N6/c1-2-3-4(7(13)5(2)11)8(14)10(16)9(15)6(3)12/h6H,11-16H2,1H3. The molecule has 1 unspecified atom stereocenters. The van der Waals surface area contributed by atoms with Crippen LogP contribution in [0.1, 0.15) is 6.92 Å². The van der Waals surface area contributed by atoms with Crippen LogP contribution in [0.2, 0.25) is 0 Å². The fourth-order valence-electron chi connectivity index (χ4n) is 2.11. The van der Waals surface area contributed by atoms with Crippen LogP contribution in [0, 0.1) is 0 Å². The molecule has 0 aromatic carbocycles. The van der Waals surface area contributed by atoms with Crippen LogP contribution in [0.5, 0.6) is 0 Å². The highest BCUT2D eigenvalue weighted by molar-refractivity contribution is 5.70. The maximum Gasteiger partial charge on any atom is 0.0765 e. The molecule has 0 bridgehead atoms. The number of nitrogens with two attached hydrogens (primary N) is 6. The van der Waals surface area contributed by atoms with Crippen LogP contribution in [0.3, 0.4) is 0 Å². The van der Waals surface area contributed by atoms with Crippen LogP contribution >= 0.6 is 0 Å². The average molecular weight is 220 g/mol. The SMILES string of the molecule is CC1=C2C(=C(N)C(N)=C(N)C2N)C(N)=C1N. The Balaban J connectivity index is 2.77. The third kappa shape index (κ3) is 0.989. The molecule has 1 atom stereocenters. The van der Waals surface area contributed by atoms with Gasteiger partial charge < -0.3 is 34.4 Å². The van der Waals surface area contributed by atoms with E-state index >= 15 is 0 Å². The van der Waals surface area contributed by atoms with Crippen LogP contribution in [0.15, 0.2) is 45.2 Å². The summed E-state index contributed by atoms with van der Waals surface area (Å²) in [5.74, 6) is 0. The molecule has 16 heavy (non-hydrogen) atoms. The Morgan fingerprint density at radius 1 is 0.812 bits per heavy atom. The lowest BCUT2D eigenvalue weighted by Gasteiger charge is -2.26. The van der Waals surface area contributed by atoms with E-state index in [0.29, 0.717) is 28.4 Å². The second kappa shape index (κ2) is 2.96. The third-order valence-electron chi connectivity index (χ3n) is 3.15. The molecule has 6 nitrogen and oxygen atoms in total. The maximum absolute atomic E-state index is 5.98. The van der Waals surface area contributed by atoms with Gasteiger partial charge in [0.2, 0.25) is 0 Å². The number of fused-ring (bicyclic) bond motifs is 1. The zero-order valence-corrected chi connectivity index (χ0v) is 9.04. The first kappa shape index (κ1) is 10.4. The van der Waals surface area contributed by atoms with Gasteiger partial charge in [-0.3, -0.25) is 0 Å². The molecular formula is C10H16N6. The van der Waals surface area contributed by atoms with Gasteiger partial charge >= 0.3 is 0 Å². The molecule has 2 rings (SSSR count). The van der Waals surface area contributed by atoms with Crippen LogP contribution in [0.25, 0.3) is 0 Å². The molecule has 0 saturated carbocycles. The molecular weight excluding hydrogens is 204 g/mol. The Labute approximate surface area is 93.3 Å². The molecule has 86 valence electrons. The summed E-state index contributed by atoms with van der Waals surface area (Å²) in [7, 11) is 0. The molecule has 2 aliphatic rings. The van der Waals surface area contributed by atoms with Gasteiger partial charge in [0.1, 0.15) is 0 Å². The lowest BCUT2D eigenvalue weighted by atomic mass is 9.88. The summed E-state index contributed by atoms with van der Waals surface area (Å²) < 4.78 is 0. The van der Waals surface area contributed by atoms with Crippen molar-refractivity contribution in [2.75, 3.05) is 0 Å². The Morgan fingerprint density at radius 3 is 1.94 bits per heavy atom. The molecule has 0 aliphatic heterocycles. The summed E-state index contributed by atoms with van der Waals surface area (Å²) in [5, 5.41) is 0. The van der Waals surface area contributed by atoms with E-state index in [9.17, 15) is 0 Å². The van der Waals surface area contributed by atoms with Gasteiger partial charge in [-0.1, -0.05) is 0 Å². The zero-order valence-electron chi connectivity index (χ0n) is 9.04. The summed E-state index contributed by atoms with van der Waals surface area (Å²) in [6.45, 7) is 1.84. The van der Waals surface area contributed by atoms with Gasteiger partial charge in [-0.2, -0.15) is 0 Å². The van der Waals surface area contributed by atoms with Crippen molar-refractivity contribution in [1.29, 1.82) is 0 Å². The first-order valence-corrected chi connectivity index (χ1v) is 4.85. The fourth-order valence-corrected chi connectivity index (χ4v) is 2.11. The van der Waals surface area contributed by atoms with Gasteiger partial charge in [-0.05, 0) is 18.1 Å². The highest BCUT2D eigenvalue weighted by Gasteiger charge is 2.35. The van der Waals surface area contributed by atoms with Gasteiger partial charge in [0.25, 0.3) is 0 Å². The minimum Gasteiger partial charge on any atom is -0.399 e. The van der Waals surface area contributed by atoms with E-state index in [0.717, 1.165) is 11.1 Å². The highest BCUT2D eigenvalue weighted by Crippen LogP contribution is 2.39. The zero-order chi connectivity index (χ0) is 12.2. The lowest BCUT2D eigenvalue weighted by molar-refractivity contribution is 0.830. The van der Waals surface area contributed by atoms with Gasteiger partial charge in [0.05, 0.1) is 34.5 Å². The molecule has 0 aromatic heterocycles. The molecule has 0 aromatic rings. The van der Waals surface area contributed by atoms with Crippen LogP contribution in [-0.4, -0.2) is 6.04 Å². The minimum atomic E-state index is -0.498. The molecule has 0 fully saturated rings. The summed E-state index contributed by atoms with van der Waals surface area (Å²) in [5.41, 5.74) is 39.3. The number of hydrogen-bond acceptors (Lipinski definition) is 6. The first-order chi connectivity index (χ1) is 7.37. The van der Waals surface area contributed by atoms with E-state index in [2.05, 4.69) is 0 Å². The van der Waals surface area contributed by atoms with Crippen LogP contribution in [0.4, 0.5) is 0 Å². The van der Waals surface area contributed by atoms with Gasteiger partial charge in [-0.15, -0.1) is 0 Å². The van der Waals surface area contributed by atoms with E-state index in [1.807, 2.05) is 6.92 Å². The molecule has 0 radical (unpaired) electrons. The normalized spacial score (nSPS) is 25.8. The van der Waals surface area contributed by atoms with E-state index < -0.39 is 6.04 Å².